The largest absolute Gasteiger partial charge is 0.473 e. The normalized spacial score (nSPS) is 15.6. The van der Waals surface area contributed by atoms with Gasteiger partial charge in [0.25, 0.3) is 0 Å². The van der Waals surface area contributed by atoms with E-state index in [1.165, 1.54) is 6.07 Å². The maximum absolute atomic E-state index is 14.0. The van der Waals surface area contributed by atoms with Gasteiger partial charge < -0.3 is 20.3 Å². The van der Waals surface area contributed by atoms with E-state index >= 15 is 0 Å². The summed E-state index contributed by atoms with van der Waals surface area (Å²) in [6.45, 7) is 2.37. The van der Waals surface area contributed by atoms with Crippen molar-refractivity contribution in [3.63, 3.8) is 0 Å². The third kappa shape index (κ3) is 6.77. The van der Waals surface area contributed by atoms with E-state index < -0.39 is 0 Å². The maximum atomic E-state index is 14.0. The number of hydrogen-bond donors (Lipinski definition) is 2. The van der Waals surface area contributed by atoms with Crippen LogP contribution in [-0.4, -0.2) is 42.1 Å². The summed E-state index contributed by atoms with van der Waals surface area (Å²) in [4.78, 5) is 14.8. The predicted octanol–water partition coefficient (Wildman–Crippen LogP) is 3.76. The summed E-state index contributed by atoms with van der Waals surface area (Å²) in [5.74, 6) is 1.37. The van der Waals surface area contributed by atoms with E-state index in [2.05, 4.69) is 25.6 Å². The molecule has 1 aliphatic rings. The summed E-state index contributed by atoms with van der Waals surface area (Å²) in [7, 11) is 1.73. The summed E-state index contributed by atoms with van der Waals surface area (Å²) >= 11 is 0. The third-order valence-corrected chi connectivity index (χ3v) is 5.31. The zero-order valence-electron chi connectivity index (χ0n) is 18.4. The van der Waals surface area contributed by atoms with Crippen molar-refractivity contribution in [1.29, 1.82) is 0 Å². The van der Waals surface area contributed by atoms with Crippen LogP contribution in [0.15, 0.2) is 72.0 Å². The smallest absolute Gasteiger partial charge is 0.218 e. The van der Waals surface area contributed by atoms with Crippen LogP contribution in [0.25, 0.3) is 0 Å². The molecular weight excluding hydrogens is 534 g/mol. The molecule has 1 unspecified atom stereocenters. The molecule has 0 amide bonds. The minimum Gasteiger partial charge on any atom is -0.473 e. The molecule has 0 aliphatic carbocycles. The quantitative estimate of drug-likeness (QED) is 0.260. The predicted molar refractivity (Wildman–Crippen MR) is 139 cm³/mol. The number of nitrogens with one attached hydrogen (secondary N) is 2. The molecule has 0 saturated carbocycles. The number of ether oxygens (including phenoxy) is 1. The highest BCUT2D eigenvalue weighted by molar-refractivity contribution is 14.0. The number of pyridine rings is 2. The first kappa shape index (κ1) is 24.7. The van der Waals surface area contributed by atoms with Gasteiger partial charge in [0.1, 0.15) is 6.61 Å². The molecule has 2 aromatic heterocycles. The van der Waals surface area contributed by atoms with E-state index in [0.717, 1.165) is 24.1 Å². The van der Waals surface area contributed by atoms with Crippen LogP contribution >= 0.6 is 24.0 Å². The van der Waals surface area contributed by atoms with Crippen molar-refractivity contribution in [1.82, 2.24) is 20.6 Å². The van der Waals surface area contributed by atoms with Gasteiger partial charge >= 0.3 is 0 Å². The Morgan fingerprint density at radius 1 is 1.12 bits per heavy atom. The number of benzene rings is 1. The van der Waals surface area contributed by atoms with E-state index in [4.69, 9.17) is 4.74 Å². The van der Waals surface area contributed by atoms with E-state index in [9.17, 15) is 4.39 Å². The van der Waals surface area contributed by atoms with Crippen molar-refractivity contribution >= 4 is 35.8 Å². The number of nitrogens with zero attached hydrogens (tertiary/aromatic N) is 4. The highest BCUT2D eigenvalue weighted by atomic mass is 127. The number of guanidine groups is 1. The average Bonchev–Trinajstić information content (AvgIpc) is 3.30. The summed E-state index contributed by atoms with van der Waals surface area (Å²) in [6, 6.07) is 17.1. The van der Waals surface area contributed by atoms with Gasteiger partial charge in [0.2, 0.25) is 5.88 Å². The van der Waals surface area contributed by atoms with Crippen molar-refractivity contribution in [3.05, 3.63) is 83.9 Å². The minimum atomic E-state index is -0.296. The van der Waals surface area contributed by atoms with Crippen LogP contribution in [0, 0.1) is 5.82 Å². The summed E-state index contributed by atoms with van der Waals surface area (Å²) in [5, 5.41) is 6.75. The monoisotopic (exact) mass is 562 g/mol. The fourth-order valence-corrected chi connectivity index (χ4v) is 3.66. The highest BCUT2D eigenvalue weighted by Crippen LogP contribution is 2.21. The lowest BCUT2D eigenvalue weighted by molar-refractivity contribution is 0.290. The number of aliphatic imine (C=N–C) groups is 1. The van der Waals surface area contributed by atoms with Crippen LogP contribution in [0.3, 0.4) is 0 Å². The molecule has 33 heavy (non-hydrogen) atoms. The van der Waals surface area contributed by atoms with Gasteiger partial charge in [0.05, 0.1) is 0 Å². The van der Waals surface area contributed by atoms with Gasteiger partial charge in [-0.25, -0.2) is 14.4 Å². The molecule has 0 bridgehead atoms. The number of hydrogen-bond acceptors (Lipinski definition) is 5. The molecule has 3 heterocycles. The molecular formula is C24H28FIN6O. The zero-order chi connectivity index (χ0) is 22.2. The molecule has 0 radical (unpaired) electrons. The van der Waals surface area contributed by atoms with Crippen LogP contribution in [0.4, 0.5) is 10.2 Å². The van der Waals surface area contributed by atoms with Crippen molar-refractivity contribution in [3.8, 4) is 5.88 Å². The molecule has 9 heteroatoms. The van der Waals surface area contributed by atoms with Crippen molar-refractivity contribution in [2.24, 2.45) is 4.99 Å². The lowest BCUT2D eigenvalue weighted by atomic mass is 10.2. The molecule has 174 valence electrons. The second-order valence-electron chi connectivity index (χ2n) is 7.55. The molecule has 7 nitrogen and oxygen atoms in total. The Morgan fingerprint density at radius 3 is 2.70 bits per heavy atom. The Labute approximate surface area is 210 Å². The molecule has 1 atom stereocenters. The van der Waals surface area contributed by atoms with Crippen LogP contribution < -0.4 is 20.3 Å². The fraction of sp³-hybridized carbons (Fsp3) is 0.292. The van der Waals surface area contributed by atoms with Crippen LogP contribution in [0.2, 0.25) is 0 Å². The van der Waals surface area contributed by atoms with Crippen LogP contribution in [-0.2, 0) is 13.2 Å². The molecule has 1 saturated heterocycles. The van der Waals surface area contributed by atoms with Gasteiger partial charge in [0.15, 0.2) is 17.6 Å². The van der Waals surface area contributed by atoms with Gasteiger partial charge in [-0.15, -0.1) is 24.0 Å². The number of rotatable bonds is 7. The van der Waals surface area contributed by atoms with E-state index in [1.54, 1.807) is 25.5 Å². The molecule has 0 spiro atoms. The topological polar surface area (TPSA) is 74.7 Å². The van der Waals surface area contributed by atoms with Crippen molar-refractivity contribution < 1.29 is 9.13 Å². The lowest BCUT2D eigenvalue weighted by Crippen LogP contribution is -2.44. The summed E-state index contributed by atoms with van der Waals surface area (Å²) in [6.07, 6.45) is 4.21. The lowest BCUT2D eigenvalue weighted by Gasteiger charge is -2.20. The zero-order valence-corrected chi connectivity index (χ0v) is 20.8. The Hall–Kier alpha value is -2.95. The Kier molecular flexibility index (Phi) is 9.23. The van der Waals surface area contributed by atoms with Gasteiger partial charge in [-0.3, -0.25) is 4.99 Å². The van der Waals surface area contributed by atoms with E-state index in [0.29, 0.717) is 37.4 Å². The fourth-order valence-electron chi connectivity index (χ4n) is 3.66. The summed E-state index contributed by atoms with van der Waals surface area (Å²) < 4.78 is 20.0. The Bertz CT molecular complexity index is 1050. The number of aromatic nitrogens is 2. The van der Waals surface area contributed by atoms with Gasteiger partial charge in [-0.1, -0.05) is 36.4 Å². The van der Waals surface area contributed by atoms with Crippen LogP contribution in [0.5, 0.6) is 5.88 Å². The molecule has 2 N–H and O–H groups in total. The van der Waals surface area contributed by atoms with E-state index in [-0.39, 0.29) is 35.8 Å². The standard InChI is InChI=1S/C24H27FN6O.HI/c1-26-24(30-20-11-14-31(16-20)22-21(25)10-6-12-27-22)29-15-19-9-5-13-28-23(19)32-17-18-7-3-2-4-8-18;/h2-10,12-13,20H,11,14-17H2,1H3,(H2,26,29,30);1H. The minimum absolute atomic E-state index is 0. The Balaban J connectivity index is 0.00000306. The molecule has 1 aliphatic heterocycles. The molecule has 1 aromatic carbocycles. The molecule has 1 fully saturated rings. The van der Waals surface area contributed by atoms with Gasteiger partial charge in [0, 0.05) is 50.7 Å². The highest BCUT2D eigenvalue weighted by Gasteiger charge is 2.26. The van der Waals surface area contributed by atoms with E-state index in [1.807, 2.05) is 47.4 Å². The van der Waals surface area contributed by atoms with Gasteiger partial charge in [-0.05, 0) is 30.2 Å². The maximum Gasteiger partial charge on any atom is 0.218 e. The number of halogens is 2. The summed E-state index contributed by atoms with van der Waals surface area (Å²) in [5.41, 5.74) is 2.03. The van der Waals surface area contributed by atoms with Crippen molar-refractivity contribution in [2.45, 2.75) is 25.6 Å². The number of anilines is 1. The van der Waals surface area contributed by atoms with Crippen molar-refractivity contribution in [2.75, 3.05) is 25.0 Å². The molecule has 4 rings (SSSR count). The average molecular weight is 562 g/mol. The second-order valence-corrected chi connectivity index (χ2v) is 7.55. The molecule has 3 aromatic rings. The van der Waals surface area contributed by atoms with Crippen LogP contribution in [0.1, 0.15) is 17.5 Å². The first-order valence-corrected chi connectivity index (χ1v) is 10.7. The van der Waals surface area contributed by atoms with Gasteiger partial charge in [-0.2, -0.15) is 0 Å². The second kappa shape index (κ2) is 12.3. The SMILES string of the molecule is CN=C(NCc1cccnc1OCc1ccccc1)NC1CCN(c2ncccc2F)C1.I. The Morgan fingerprint density at radius 2 is 1.91 bits per heavy atom. The first-order chi connectivity index (χ1) is 15.7. The first-order valence-electron chi connectivity index (χ1n) is 10.7. The third-order valence-electron chi connectivity index (χ3n) is 5.31.